The Hall–Kier alpha value is -2.49. The van der Waals surface area contributed by atoms with Gasteiger partial charge in [-0.25, -0.2) is 0 Å². The Morgan fingerprint density at radius 2 is 2.11 bits per heavy atom. The number of carbonyl (C=O) groups excluding carboxylic acids is 1. The van der Waals surface area contributed by atoms with Crippen LogP contribution in [0, 0.1) is 0 Å². The number of carbonyl (C=O) groups is 1. The van der Waals surface area contributed by atoms with Gasteiger partial charge in [-0.1, -0.05) is 0 Å². The third kappa shape index (κ3) is 3.04. The Kier molecular flexibility index (Phi) is 3.71. The lowest BCUT2D eigenvalue weighted by Gasteiger charge is -2.05. The number of nitrogens with zero attached hydrogens (tertiary/aromatic N) is 1. The van der Waals surface area contributed by atoms with E-state index < -0.39 is 0 Å². The summed E-state index contributed by atoms with van der Waals surface area (Å²) in [5.74, 6) is 0.369. The minimum absolute atomic E-state index is 0.0382. The van der Waals surface area contributed by atoms with Gasteiger partial charge in [-0.15, -0.1) is 0 Å². The van der Waals surface area contributed by atoms with Crippen molar-refractivity contribution in [2.75, 3.05) is 14.1 Å². The van der Waals surface area contributed by atoms with Gasteiger partial charge in [0.25, 0.3) is 0 Å². The molecule has 0 amide bonds. The number of hydrogen-bond donors (Lipinski definition) is 1. The Morgan fingerprint density at radius 1 is 1.32 bits per heavy atom. The van der Waals surface area contributed by atoms with Crippen molar-refractivity contribution >= 4 is 5.78 Å². The highest BCUT2D eigenvalue weighted by molar-refractivity contribution is 6.07. The predicted octanol–water partition coefficient (Wildman–Crippen LogP) is 2.91. The minimum Gasteiger partial charge on any atom is -0.507 e. The van der Waals surface area contributed by atoms with Gasteiger partial charge in [-0.2, -0.15) is 0 Å². The molecule has 0 bridgehead atoms. The second-order valence-corrected chi connectivity index (χ2v) is 4.35. The highest BCUT2D eigenvalue weighted by atomic mass is 16.3. The molecule has 0 radical (unpaired) electrons. The van der Waals surface area contributed by atoms with Crippen LogP contribution in [0.25, 0.3) is 11.3 Å². The standard InChI is InChI=1S/C15H15NO3/c1-16(2)8-7-14(18)12-10-11(5-6-13(12)17)15-4-3-9-19-15/h3-10,17H,1-2H3/b8-7+. The molecular weight excluding hydrogens is 242 g/mol. The van der Waals surface area contributed by atoms with Crippen LogP contribution in [0.3, 0.4) is 0 Å². The van der Waals surface area contributed by atoms with Gasteiger partial charge in [0.1, 0.15) is 11.5 Å². The lowest BCUT2D eigenvalue weighted by atomic mass is 10.0. The van der Waals surface area contributed by atoms with E-state index in [0.717, 1.165) is 5.56 Å². The van der Waals surface area contributed by atoms with Gasteiger partial charge in [-0.3, -0.25) is 4.79 Å². The van der Waals surface area contributed by atoms with E-state index in [1.807, 2.05) is 14.1 Å². The first-order chi connectivity index (χ1) is 9.08. The smallest absolute Gasteiger partial charge is 0.191 e. The monoisotopic (exact) mass is 257 g/mol. The SMILES string of the molecule is CN(C)/C=C/C(=O)c1cc(-c2ccco2)ccc1O. The first-order valence-electron chi connectivity index (χ1n) is 5.84. The molecule has 0 saturated carbocycles. The third-order valence-corrected chi connectivity index (χ3v) is 2.59. The normalized spacial score (nSPS) is 10.8. The Bertz CT molecular complexity index is 598. The number of hydrogen-bond acceptors (Lipinski definition) is 4. The number of furan rings is 1. The van der Waals surface area contributed by atoms with Crippen molar-refractivity contribution in [2.24, 2.45) is 0 Å². The number of ketones is 1. The Labute approximate surface area is 111 Å². The zero-order valence-electron chi connectivity index (χ0n) is 10.8. The van der Waals surface area contributed by atoms with Crippen molar-refractivity contribution in [3.63, 3.8) is 0 Å². The average Bonchev–Trinajstić information content (AvgIpc) is 2.90. The first-order valence-corrected chi connectivity index (χ1v) is 5.84. The number of phenolic OH excluding ortho intramolecular Hbond substituents is 1. The molecule has 0 saturated heterocycles. The zero-order valence-corrected chi connectivity index (χ0v) is 10.8. The van der Waals surface area contributed by atoms with Crippen LogP contribution >= 0.6 is 0 Å². The van der Waals surface area contributed by atoms with Gasteiger partial charge < -0.3 is 14.4 Å². The molecule has 19 heavy (non-hydrogen) atoms. The van der Waals surface area contributed by atoms with Crippen molar-refractivity contribution in [3.8, 4) is 17.1 Å². The van der Waals surface area contributed by atoms with Crippen LogP contribution in [0.2, 0.25) is 0 Å². The van der Waals surface area contributed by atoms with E-state index in [1.54, 1.807) is 41.6 Å². The van der Waals surface area contributed by atoms with E-state index in [-0.39, 0.29) is 17.1 Å². The summed E-state index contributed by atoms with van der Waals surface area (Å²) in [4.78, 5) is 13.7. The second kappa shape index (κ2) is 5.44. The van der Waals surface area contributed by atoms with Gasteiger partial charge in [0.05, 0.1) is 11.8 Å². The van der Waals surface area contributed by atoms with E-state index >= 15 is 0 Å². The molecule has 2 rings (SSSR count). The van der Waals surface area contributed by atoms with Gasteiger partial charge in [0, 0.05) is 31.9 Å². The van der Waals surface area contributed by atoms with Crippen molar-refractivity contribution in [1.29, 1.82) is 0 Å². The summed E-state index contributed by atoms with van der Waals surface area (Å²) in [6.07, 6.45) is 4.62. The van der Waals surface area contributed by atoms with E-state index in [2.05, 4.69) is 0 Å². The molecular formula is C15H15NO3. The molecule has 4 nitrogen and oxygen atoms in total. The molecule has 0 fully saturated rings. The van der Waals surface area contributed by atoms with E-state index in [4.69, 9.17) is 4.42 Å². The van der Waals surface area contributed by atoms with Gasteiger partial charge in [-0.05, 0) is 30.3 Å². The van der Waals surface area contributed by atoms with Gasteiger partial charge in [0.2, 0.25) is 0 Å². The summed E-state index contributed by atoms with van der Waals surface area (Å²) in [7, 11) is 3.64. The summed E-state index contributed by atoms with van der Waals surface area (Å²) in [6.45, 7) is 0. The molecule has 0 aliphatic carbocycles. The maximum atomic E-state index is 12.0. The topological polar surface area (TPSA) is 53.7 Å². The predicted molar refractivity (Wildman–Crippen MR) is 73.0 cm³/mol. The molecule has 4 heteroatoms. The fourth-order valence-electron chi connectivity index (χ4n) is 1.64. The molecule has 1 aromatic heterocycles. The summed E-state index contributed by atoms with van der Waals surface area (Å²) in [6, 6.07) is 8.40. The van der Waals surface area contributed by atoms with E-state index in [1.165, 1.54) is 12.1 Å². The molecule has 0 aliphatic heterocycles. The molecule has 1 aromatic carbocycles. The molecule has 98 valence electrons. The molecule has 2 aromatic rings. The molecule has 0 spiro atoms. The Morgan fingerprint density at radius 3 is 2.74 bits per heavy atom. The minimum atomic E-state index is -0.250. The maximum Gasteiger partial charge on any atom is 0.191 e. The third-order valence-electron chi connectivity index (χ3n) is 2.59. The van der Waals surface area contributed by atoms with Gasteiger partial charge >= 0.3 is 0 Å². The summed E-state index contributed by atoms with van der Waals surface area (Å²) in [5.41, 5.74) is 1.01. The highest BCUT2D eigenvalue weighted by Crippen LogP contribution is 2.26. The average molecular weight is 257 g/mol. The first kappa shape index (κ1) is 13.0. The summed E-state index contributed by atoms with van der Waals surface area (Å²) >= 11 is 0. The van der Waals surface area contributed by atoms with Crippen LogP contribution in [-0.4, -0.2) is 29.9 Å². The van der Waals surface area contributed by atoms with Crippen LogP contribution in [0.15, 0.2) is 53.3 Å². The van der Waals surface area contributed by atoms with Crippen LogP contribution in [0.4, 0.5) is 0 Å². The van der Waals surface area contributed by atoms with E-state index in [9.17, 15) is 9.90 Å². The van der Waals surface area contributed by atoms with Crippen molar-refractivity contribution in [1.82, 2.24) is 4.90 Å². The van der Waals surface area contributed by atoms with Crippen molar-refractivity contribution in [3.05, 3.63) is 54.4 Å². The number of benzene rings is 1. The molecule has 0 unspecified atom stereocenters. The quantitative estimate of drug-likeness (QED) is 0.676. The number of allylic oxidation sites excluding steroid dienone is 1. The number of rotatable bonds is 4. The van der Waals surface area contributed by atoms with Crippen LogP contribution in [0.5, 0.6) is 5.75 Å². The largest absolute Gasteiger partial charge is 0.507 e. The van der Waals surface area contributed by atoms with Crippen LogP contribution in [-0.2, 0) is 0 Å². The van der Waals surface area contributed by atoms with Crippen LogP contribution < -0.4 is 0 Å². The Balaban J connectivity index is 2.35. The lowest BCUT2D eigenvalue weighted by molar-refractivity contribution is 0.104. The summed E-state index contributed by atoms with van der Waals surface area (Å²) in [5, 5.41) is 9.77. The molecule has 0 atom stereocenters. The summed E-state index contributed by atoms with van der Waals surface area (Å²) < 4.78 is 5.27. The lowest BCUT2D eigenvalue weighted by Crippen LogP contribution is -2.03. The number of aromatic hydroxyl groups is 1. The maximum absolute atomic E-state index is 12.0. The molecule has 1 heterocycles. The fraction of sp³-hybridized carbons (Fsp3) is 0.133. The molecule has 0 aliphatic rings. The van der Waals surface area contributed by atoms with Crippen LogP contribution in [0.1, 0.15) is 10.4 Å². The van der Waals surface area contributed by atoms with E-state index in [0.29, 0.717) is 5.76 Å². The highest BCUT2D eigenvalue weighted by Gasteiger charge is 2.11. The van der Waals surface area contributed by atoms with Gasteiger partial charge in [0.15, 0.2) is 5.78 Å². The molecule has 1 N–H and O–H groups in total. The second-order valence-electron chi connectivity index (χ2n) is 4.35. The fourth-order valence-corrected chi connectivity index (χ4v) is 1.64. The van der Waals surface area contributed by atoms with Crippen molar-refractivity contribution in [2.45, 2.75) is 0 Å². The van der Waals surface area contributed by atoms with Crippen molar-refractivity contribution < 1.29 is 14.3 Å². The zero-order chi connectivity index (χ0) is 13.8. The number of phenols is 1.